The Kier molecular flexibility index (Phi) is 3.78. The largest absolute Gasteiger partial charge is 0.396 e. The molecule has 0 radical (unpaired) electrons. The van der Waals surface area contributed by atoms with E-state index in [0.717, 1.165) is 37.4 Å². The van der Waals surface area contributed by atoms with Gasteiger partial charge in [-0.05, 0) is 62.4 Å². The molecule has 1 aromatic carbocycles. The Balaban J connectivity index is 1.86. The van der Waals surface area contributed by atoms with Gasteiger partial charge in [-0.15, -0.1) is 0 Å². The highest BCUT2D eigenvalue weighted by Gasteiger charge is 2.12. The number of hydrogen-bond donors (Lipinski definition) is 2. The zero-order chi connectivity index (χ0) is 11.4. The predicted octanol–water partition coefficient (Wildman–Crippen LogP) is 2.34. The lowest BCUT2D eigenvalue weighted by Crippen LogP contribution is -2.29. The molecule has 16 heavy (non-hydrogen) atoms. The molecule has 0 bridgehead atoms. The molecule has 88 valence electrons. The van der Waals surface area contributed by atoms with Crippen molar-refractivity contribution in [3.05, 3.63) is 29.6 Å². The van der Waals surface area contributed by atoms with E-state index >= 15 is 0 Å². The molecule has 1 aliphatic rings. The fourth-order valence-corrected chi connectivity index (χ4v) is 2.27. The number of nitrogens with two attached hydrogens (primary N) is 1. The molecule has 3 heteroatoms. The van der Waals surface area contributed by atoms with Crippen LogP contribution in [0.25, 0.3) is 0 Å². The second-order valence-electron chi connectivity index (χ2n) is 4.61. The predicted molar refractivity (Wildman–Crippen MR) is 64.7 cm³/mol. The van der Waals surface area contributed by atoms with Gasteiger partial charge in [-0.2, -0.15) is 0 Å². The van der Waals surface area contributed by atoms with Gasteiger partial charge in [0, 0.05) is 0 Å². The first-order chi connectivity index (χ1) is 7.75. The van der Waals surface area contributed by atoms with Crippen LogP contribution >= 0.6 is 0 Å². The van der Waals surface area contributed by atoms with Crippen molar-refractivity contribution in [2.24, 2.45) is 5.92 Å². The standard InChI is InChI=1S/C13H19FN2/c14-12-8-10(5-6-13(12)15)3-4-11-2-1-7-16-9-11/h5-6,8,11,16H,1-4,7,9,15H2. The average Bonchev–Trinajstić information content (AvgIpc) is 2.32. The van der Waals surface area contributed by atoms with Crippen molar-refractivity contribution in [1.29, 1.82) is 0 Å². The van der Waals surface area contributed by atoms with Crippen molar-refractivity contribution in [3.8, 4) is 0 Å². The number of piperidine rings is 1. The fourth-order valence-electron chi connectivity index (χ4n) is 2.27. The first kappa shape index (κ1) is 11.4. The van der Waals surface area contributed by atoms with Gasteiger partial charge in [-0.25, -0.2) is 4.39 Å². The van der Waals surface area contributed by atoms with Crippen molar-refractivity contribution in [2.45, 2.75) is 25.7 Å². The van der Waals surface area contributed by atoms with E-state index in [9.17, 15) is 4.39 Å². The maximum atomic E-state index is 13.2. The van der Waals surface area contributed by atoms with E-state index in [4.69, 9.17) is 5.73 Å². The Hall–Kier alpha value is -1.09. The SMILES string of the molecule is Nc1ccc(CCC2CCCNC2)cc1F. The monoisotopic (exact) mass is 222 g/mol. The molecular weight excluding hydrogens is 203 g/mol. The van der Waals surface area contributed by atoms with Crippen LogP contribution in [0.2, 0.25) is 0 Å². The normalized spacial score (nSPS) is 20.9. The van der Waals surface area contributed by atoms with E-state index in [1.807, 2.05) is 6.07 Å². The Morgan fingerprint density at radius 1 is 1.44 bits per heavy atom. The fraction of sp³-hybridized carbons (Fsp3) is 0.538. The van der Waals surface area contributed by atoms with Gasteiger partial charge in [0.2, 0.25) is 0 Å². The first-order valence-corrected chi connectivity index (χ1v) is 6.00. The van der Waals surface area contributed by atoms with Crippen molar-refractivity contribution in [1.82, 2.24) is 5.32 Å². The van der Waals surface area contributed by atoms with Gasteiger partial charge < -0.3 is 11.1 Å². The van der Waals surface area contributed by atoms with Crippen LogP contribution in [0, 0.1) is 11.7 Å². The van der Waals surface area contributed by atoms with E-state index in [1.165, 1.54) is 12.8 Å². The Labute approximate surface area is 96.0 Å². The lowest BCUT2D eigenvalue weighted by atomic mass is 9.93. The molecule has 1 unspecified atom stereocenters. The van der Waals surface area contributed by atoms with Gasteiger partial charge in [0.25, 0.3) is 0 Å². The maximum Gasteiger partial charge on any atom is 0.146 e. The molecule has 2 rings (SSSR count). The van der Waals surface area contributed by atoms with Crippen molar-refractivity contribution in [3.63, 3.8) is 0 Å². The lowest BCUT2D eigenvalue weighted by Gasteiger charge is -2.22. The van der Waals surface area contributed by atoms with Crippen molar-refractivity contribution >= 4 is 5.69 Å². The summed E-state index contributed by atoms with van der Waals surface area (Å²) in [6, 6.07) is 5.14. The van der Waals surface area contributed by atoms with Gasteiger partial charge in [0.1, 0.15) is 5.82 Å². The Bertz CT molecular complexity index is 346. The first-order valence-electron chi connectivity index (χ1n) is 6.00. The Morgan fingerprint density at radius 3 is 3.00 bits per heavy atom. The molecule has 0 spiro atoms. The zero-order valence-electron chi connectivity index (χ0n) is 9.51. The molecule has 1 atom stereocenters. The van der Waals surface area contributed by atoms with Crippen molar-refractivity contribution in [2.75, 3.05) is 18.8 Å². The summed E-state index contributed by atoms with van der Waals surface area (Å²) >= 11 is 0. The molecule has 1 saturated heterocycles. The van der Waals surface area contributed by atoms with Crippen LogP contribution < -0.4 is 11.1 Å². The van der Waals surface area contributed by atoms with Gasteiger partial charge >= 0.3 is 0 Å². The summed E-state index contributed by atoms with van der Waals surface area (Å²) in [6.45, 7) is 2.25. The maximum absolute atomic E-state index is 13.2. The molecule has 1 heterocycles. The number of rotatable bonds is 3. The third kappa shape index (κ3) is 2.95. The number of hydrogen-bond acceptors (Lipinski definition) is 2. The third-order valence-corrected chi connectivity index (χ3v) is 3.31. The van der Waals surface area contributed by atoms with Crippen LogP contribution in [0.3, 0.4) is 0 Å². The summed E-state index contributed by atoms with van der Waals surface area (Å²) in [4.78, 5) is 0. The highest BCUT2D eigenvalue weighted by molar-refractivity contribution is 5.41. The summed E-state index contributed by atoms with van der Waals surface area (Å²) in [5, 5.41) is 3.40. The topological polar surface area (TPSA) is 38.0 Å². The number of aryl methyl sites for hydroxylation is 1. The minimum Gasteiger partial charge on any atom is -0.396 e. The minimum atomic E-state index is -0.292. The molecule has 1 aromatic rings. The third-order valence-electron chi connectivity index (χ3n) is 3.31. The summed E-state index contributed by atoms with van der Waals surface area (Å²) in [7, 11) is 0. The van der Waals surface area contributed by atoms with Gasteiger partial charge in [-0.3, -0.25) is 0 Å². The van der Waals surface area contributed by atoms with Crippen molar-refractivity contribution < 1.29 is 4.39 Å². The van der Waals surface area contributed by atoms with Crippen LogP contribution in [0.4, 0.5) is 10.1 Å². The summed E-state index contributed by atoms with van der Waals surface area (Å²) in [6.07, 6.45) is 4.64. The van der Waals surface area contributed by atoms with Crippen LogP contribution in [-0.2, 0) is 6.42 Å². The van der Waals surface area contributed by atoms with Crippen LogP contribution in [0.1, 0.15) is 24.8 Å². The molecular formula is C13H19FN2. The van der Waals surface area contributed by atoms with Crippen LogP contribution in [-0.4, -0.2) is 13.1 Å². The summed E-state index contributed by atoms with van der Waals surface area (Å²) in [5.41, 5.74) is 6.73. The summed E-state index contributed by atoms with van der Waals surface area (Å²) < 4.78 is 13.2. The number of halogens is 1. The van der Waals surface area contributed by atoms with Gasteiger partial charge in [0.15, 0.2) is 0 Å². The van der Waals surface area contributed by atoms with Gasteiger partial charge in [0.05, 0.1) is 5.69 Å². The van der Waals surface area contributed by atoms with E-state index in [-0.39, 0.29) is 11.5 Å². The molecule has 3 N–H and O–H groups in total. The Morgan fingerprint density at radius 2 is 2.31 bits per heavy atom. The molecule has 2 nitrogen and oxygen atoms in total. The van der Waals surface area contributed by atoms with E-state index < -0.39 is 0 Å². The second-order valence-corrected chi connectivity index (χ2v) is 4.61. The molecule has 0 amide bonds. The van der Waals surface area contributed by atoms with Gasteiger partial charge in [-0.1, -0.05) is 6.07 Å². The minimum absolute atomic E-state index is 0.239. The number of nitrogen functional groups attached to an aromatic ring is 1. The van der Waals surface area contributed by atoms with Crippen LogP contribution in [0.5, 0.6) is 0 Å². The molecule has 0 aromatic heterocycles. The molecule has 0 aliphatic carbocycles. The molecule has 1 aliphatic heterocycles. The van der Waals surface area contributed by atoms with E-state index in [2.05, 4.69) is 5.32 Å². The number of benzene rings is 1. The highest BCUT2D eigenvalue weighted by Crippen LogP contribution is 2.19. The van der Waals surface area contributed by atoms with Crippen LogP contribution in [0.15, 0.2) is 18.2 Å². The van der Waals surface area contributed by atoms with E-state index in [1.54, 1.807) is 12.1 Å². The quantitative estimate of drug-likeness (QED) is 0.770. The number of nitrogens with one attached hydrogen (secondary N) is 1. The smallest absolute Gasteiger partial charge is 0.146 e. The molecule has 0 saturated carbocycles. The lowest BCUT2D eigenvalue weighted by molar-refractivity contribution is 0.358. The van der Waals surface area contributed by atoms with E-state index in [0.29, 0.717) is 0 Å². The highest BCUT2D eigenvalue weighted by atomic mass is 19.1. The summed E-state index contributed by atoms with van der Waals surface area (Å²) in [5.74, 6) is 0.452. The number of anilines is 1. The second kappa shape index (κ2) is 5.30. The molecule has 1 fully saturated rings. The zero-order valence-corrected chi connectivity index (χ0v) is 9.51. The average molecular weight is 222 g/mol.